The molecule has 1 aliphatic carbocycles. The first-order valence-corrected chi connectivity index (χ1v) is 7.80. The third kappa shape index (κ3) is 17.8. The molecule has 2 rings (SSSR count). The van der Waals surface area contributed by atoms with Crippen molar-refractivity contribution in [2.75, 3.05) is 0 Å². The first kappa shape index (κ1) is 28.1. The van der Waals surface area contributed by atoms with Crippen LogP contribution in [0.2, 0.25) is 13.1 Å². The quantitative estimate of drug-likeness (QED) is 0.382. The van der Waals surface area contributed by atoms with E-state index in [0.29, 0.717) is 5.56 Å². The molecule has 1 radical (unpaired) electrons. The van der Waals surface area contributed by atoms with Gasteiger partial charge < -0.3 is 35.3 Å². The number of rotatable bonds is 1. The van der Waals surface area contributed by atoms with Crippen molar-refractivity contribution in [3.05, 3.63) is 65.9 Å². The van der Waals surface area contributed by atoms with Crippen LogP contribution in [0.3, 0.4) is 0 Å². The molecule has 0 aromatic heterocycles. The van der Waals surface area contributed by atoms with Crippen molar-refractivity contribution in [2.24, 2.45) is 0 Å². The Balaban J connectivity index is -0.000000102. The summed E-state index contributed by atoms with van der Waals surface area (Å²) in [5.74, 6) is -0.629. The van der Waals surface area contributed by atoms with Gasteiger partial charge in [-0.1, -0.05) is 43.4 Å². The van der Waals surface area contributed by atoms with Crippen LogP contribution in [0, 0.1) is 6.08 Å². The molecule has 0 saturated carbocycles. The van der Waals surface area contributed by atoms with Crippen molar-refractivity contribution in [1.29, 1.82) is 0 Å². The zero-order valence-corrected chi connectivity index (χ0v) is 16.7. The topological polar surface area (TPSA) is 40.9 Å². The average Bonchev–Trinajstić information content (AvgIpc) is 2.90. The molecule has 1 N–H and O–H groups in total. The monoisotopic (exact) mass is 404 g/mol. The van der Waals surface area contributed by atoms with Crippen LogP contribution in [0.4, 0.5) is 0 Å². The summed E-state index contributed by atoms with van der Waals surface area (Å²) in [6.45, 7) is 4.42. The van der Waals surface area contributed by atoms with E-state index in [1.165, 1.54) is 0 Å². The van der Waals surface area contributed by atoms with Crippen LogP contribution in [0.1, 0.15) is 16.8 Å². The summed E-state index contributed by atoms with van der Waals surface area (Å²) in [5.41, 5.74) is 7.12. The van der Waals surface area contributed by atoms with Crippen LogP contribution in [0.15, 0.2) is 48.6 Å². The number of halogens is 2. The second-order valence-electron chi connectivity index (χ2n) is 3.28. The number of amides is 1. The minimum absolute atomic E-state index is 0. The summed E-state index contributed by atoms with van der Waals surface area (Å²) in [7, 11) is 0.750. The predicted octanol–water partition coefficient (Wildman–Crippen LogP) is -2.29. The molecule has 2 nitrogen and oxygen atoms in total. The van der Waals surface area contributed by atoms with Gasteiger partial charge in [-0.25, -0.2) is 12.2 Å². The molecule has 0 aliphatic heterocycles. The van der Waals surface area contributed by atoms with Gasteiger partial charge in [0, 0.05) is 9.52 Å². The van der Waals surface area contributed by atoms with Crippen LogP contribution in [-0.4, -0.2) is 15.4 Å². The maximum Gasteiger partial charge on any atom is 4.00 e. The van der Waals surface area contributed by atoms with Crippen LogP contribution < -0.4 is 24.8 Å². The van der Waals surface area contributed by atoms with Gasteiger partial charge in [0.05, 0.1) is 5.91 Å². The minimum atomic E-state index is -0.629. The van der Waals surface area contributed by atoms with Gasteiger partial charge in [-0.3, -0.25) is 6.08 Å². The Bertz CT molecular complexity index is 363. The zero-order valence-electron chi connectivity index (χ0n) is 11.6. The molecular weight excluding hydrogens is 388 g/mol. The minimum Gasteiger partial charge on any atom is -1.00 e. The molecule has 6 heteroatoms. The Hall–Kier alpha value is -0.150. The molecular formula is C14H18Cl2NOSiZr. The number of benzene rings is 1. The first-order valence-electron chi connectivity index (χ1n) is 5.49. The largest absolute Gasteiger partial charge is 4.00 e. The van der Waals surface area contributed by atoms with Crippen molar-refractivity contribution in [3.63, 3.8) is 0 Å². The SMILES string of the molecule is C[SiH]C.[C-]1=CC=CC1.[Cl-].[Cl-].[NH-]C(=O)c1ccccc1.[Zr+4]. The van der Waals surface area contributed by atoms with E-state index in [9.17, 15) is 4.79 Å². The molecule has 0 atom stereocenters. The molecule has 0 bridgehead atoms. The Morgan fingerprint density at radius 3 is 1.90 bits per heavy atom. The summed E-state index contributed by atoms with van der Waals surface area (Å²) in [6, 6.07) is 8.53. The second-order valence-corrected chi connectivity index (χ2v) is 4.43. The van der Waals surface area contributed by atoms with Gasteiger partial charge in [0.15, 0.2) is 0 Å². The smallest absolute Gasteiger partial charge is 1.00 e. The summed E-state index contributed by atoms with van der Waals surface area (Å²) >= 11 is 0. The third-order valence-electron chi connectivity index (χ3n) is 1.62. The Labute approximate surface area is 156 Å². The fourth-order valence-electron chi connectivity index (χ4n) is 0.930. The fourth-order valence-corrected chi connectivity index (χ4v) is 0.930. The van der Waals surface area contributed by atoms with Gasteiger partial charge in [0.25, 0.3) is 0 Å². The normalized spacial score (nSPS) is 9.30. The molecule has 1 aromatic rings. The van der Waals surface area contributed by atoms with Crippen molar-refractivity contribution in [2.45, 2.75) is 19.5 Å². The molecule has 1 aliphatic rings. The van der Waals surface area contributed by atoms with Crippen LogP contribution in [-0.2, 0) is 26.2 Å². The molecule has 1 aromatic carbocycles. The summed E-state index contributed by atoms with van der Waals surface area (Å²) in [6.07, 6.45) is 10.0. The number of allylic oxidation sites excluding steroid dienone is 4. The van der Waals surface area contributed by atoms with Gasteiger partial charge in [-0.05, 0) is 5.56 Å². The van der Waals surface area contributed by atoms with E-state index in [0.717, 1.165) is 15.9 Å². The van der Waals surface area contributed by atoms with E-state index in [-0.39, 0.29) is 51.0 Å². The zero-order chi connectivity index (χ0) is 12.9. The van der Waals surface area contributed by atoms with Crippen molar-refractivity contribution >= 4 is 15.4 Å². The molecule has 0 spiro atoms. The number of hydrogen-bond donors (Lipinski definition) is 0. The van der Waals surface area contributed by atoms with Gasteiger partial charge in [0.1, 0.15) is 0 Å². The molecule has 107 valence electrons. The van der Waals surface area contributed by atoms with Gasteiger partial charge in [-0.15, -0.1) is 6.42 Å². The van der Waals surface area contributed by atoms with Gasteiger partial charge >= 0.3 is 26.2 Å². The van der Waals surface area contributed by atoms with E-state index in [2.05, 4.69) is 25.2 Å². The molecule has 0 unspecified atom stereocenters. The van der Waals surface area contributed by atoms with Gasteiger partial charge in [-0.2, -0.15) is 6.08 Å². The summed E-state index contributed by atoms with van der Waals surface area (Å²) in [5, 5.41) is 0. The van der Waals surface area contributed by atoms with Crippen LogP contribution in [0.25, 0.3) is 5.73 Å². The first-order chi connectivity index (χ1) is 8.22. The fraction of sp³-hybridized carbons (Fsp3) is 0.214. The van der Waals surface area contributed by atoms with E-state index in [1.54, 1.807) is 24.3 Å². The molecule has 20 heavy (non-hydrogen) atoms. The average molecular weight is 407 g/mol. The summed E-state index contributed by atoms with van der Waals surface area (Å²) in [4.78, 5) is 10.3. The van der Waals surface area contributed by atoms with Crippen molar-refractivity contribution < 1.29 is 55.8 Å². The van der Waals surface area contributed by atoms with E-state index in [4.69, 9.17) is 5.73 Å². The number of carbonyl (C=O) groups is 1. The maximum absolute atomic E-state index is 10.3. The number of carbonyl (C=O) groups excluding carboxylic acids is 1. The van der Waals surface area contributed by atoms with E-state index >= 15 is 0 Å². The van der Waals surface area contributed by atoms with Gasteiger partial charge in [0.2, 0.25) is 0 Å². The molecule has 0 saturated heterocycles. The predicted molar refractivity (Wildman–Crippen MR) is 75.5 cm³/mol. The standard InChI is InChI=1S/C7H7NO.C5H5.C2H7Si.2ClH.Zr/c8-7(9)6-4-2-1-3-5-6;1-2-4-5-3-1;1-3-2;;;/h1-5H,(H2,8,9);1-3H,4H2;3H,1-2H3;2*1H;/q;-1;;;;+4/p-3. The molecule has 0 fully saturated rings. The Morgan fingerprint density at radius 2 is 1.70 bits per heavy atom. The Kier molecular flexibility index (Phi) is 29.7. The Morgan fingerprint density at radius 1 is 1.20 bits per heavy atom. The maximum atomic E-state index is 10.3. The van der Waals surface area contributed by atoms with E-state index < -0.39 is 5.91 Å². The molecule has 0 heterocycles. The van der Waals surface area contributed by atoms with Crippen molar-refractivity contribution in [1.82, 2.24) is 0 Å². The number of hydrogen-bond acceptors (Lipinski definition) is 1. The number of nitrogens with one attached hydrogen (secondary N) is 1. The van der Waals surface area contributed by atoms with Crippen molar-refractivity contribution in [3.8, 4) is 0 Å². The second kappa shape index (κ2) is 21.2. The van der Waals surface area contributed by atoms with Crippen LogP contribution in [0.5, 0.6) is 0 Å². The third-order valence-corrected chi connectivity index (χ3v) is 1.62. The molecule has 1 amide bonds. The van der Waals surface area contributed by atoms with E-state index in [1.807, 2.05) is 18.2 Å². The van der Waals surface area contributed by atoms with Crippen LogP contribution >= 0.6 is 0 Å². The summed E-state index contributed by atoms with van der Waals surface area (Å²) < 4.78 is 0.